The predicted molar refractivity (Wildman–Crippen MR) is 87.9 cm³/mol. The minimum absolute atomic E-state index is 0.0370. The van der Waals surface area contributed by atoms with Crippen molar-refractivity contribution in [1.29, 1.82) is 0 Å². The van der Waals surface area contributed by atoms with Crippen LogP contribution in [0.5, 0.6) is 17.2 Å². The van der Waals surface area contributed by atoms with Gasteiger partial charge in [-0.15, -0.1) is 0 Å². The summed E-state index contributed by atoms with van der Waals surface area (Å²) in [6.45, 7) is 4.34. The number of carbonyl (C=O) groups is 1. The monoisotopic (exact) mass is 315 g/mol. The molecule has 0 spiro atoms. The molecule has 0 aliphatic heterocycles. The summed E-state index contributed by atoms with van der Waals surface area (Å²) in [5, 5.41) is 21.4. The third-order valence-corrected chi connectivity index (χ3v) is 3.46. The maximum atomic E-state index is 11.8. The van der Waals surface area contributed by atoms with Crippen molar-refractivity contribution < 1.29 is 19.7 Å². The fourth-order valence-corrected chi connectivity index (χ4v) is 2.23. The van der Waals surface area contributed by atoms with Gasteiger partial charge in [-0.1, -0.05) is 23.8 Å². The molecule has 0 aromatic heterocycles. The van der Waals surface area contributed by atoms with Crippen LogP contribution in [0.1, 0.15) is 16.7 Å². The van der Waals surface area contributed by atoms with Crippen LogP contribution in [-0.2, 0) is 11.2 Å². The van der Waals surface area contributed by atoms with E-state index in [4.69, 9.17) is 4.74 Å². The SMILES string of the molecule is Cc1ccc(OCC(=O)NCCc2ccc(O)c(O)c2)c(C)c1. The minimum atomic E-state index is -0.201. The van der Waals surface area contributed by atoms with E-state index < -0.39 is 0 Å². The maximum Gasteiger partial charge on any atom is 0.257 e. The molecule has 0 heterocycles. The lowest BCUT2D eigenvalue weighted by molar-refractivity contribution is -0.123. The summed E-state index contributed by atoms with van der Waals surface area (Å²) in [6, 6.07) is 10.4. The molecular formula is C18H21NO4. The second-order valence-corrected chi connectivity index (χ2v) is 5.48. The summed E-state index contributed by atoms with van der Waals surface area (Å²) in [4.78, 5) is 11.8. The normalized spacial score (nSPS) is 10.3. The van der Waals surface area contributed by atoms with E-state index in [1.54, 1.807) is 6.07 Å². The quantitative estimate of drug-likeness (QED) is 0.716. The number of phenols is 2. The van der Waals surface area contributed by atoms with Crippen molar-refractivity contribution in [2.45, 2.75) is 20.3 Å². The molecule has 0 saturated heterocycles. The summed E-state index contributed by atoms with van der Waals surface area (Å²) < 4.78 is 5.51. The van der Waals surface area contributed by atoms with Gasteiger partial charge in [0.2, 0.25) is 0 Å². The van der Waals surface area contributed by atoms with Crippen LogP contribution in [0, 0.1) is 13.8 Å². The molecule has 0 aliphatic rings. The largest absolute Gasteiger partial charge is 0.504 e. The van der Waals surface area contributed by atoms with Gasteiger partial charge in [-0.3, -0.25) is 4.79 Å². The van der Waals surface area contributed by atoms with Crippen molar-refractivity contribution in [3.8, 4) is 17.2 Å². The van der Waals surface area contributed by atoms with E-state index in [1.807, 2.05) is 32.0 Å². The maximum absolute atomic E-state index is 11.8. The molecule has 23 heavy (non-hydrogen) atoms. The number of benzene rings is 2. The fourth-order valence-electron chi connectivity index (χ4n) is 2.23. The van der Waals surface area contributed by atoms with Crippen molar-refractivity contribution in [2.75, 3.05) is 13.2 Å². The standard InChI is InChI=1S/C18H21NO4/c1-12-3-6-17(13(2)9-12)23-11-18(22)19-8-7-14-4-5-15(20)16(21)10-14/h3-6,9-10,20-21H,7-8,11H2,1-2H3,(H,19,22). The number of nitrogens with one attached hydrogen (secondary N) is 1. The number of amides is 1. The zero-order chi connectivity index (χ0) is 16.8. The lowest BCUT2D eigenvalue weighted by atomic mass is 10.1. The van der Waals surface area contributed by atoms with Crippen LogP contribution in [0.2, 0.25) is 0 Å². The second-order valence-electron chi connectivity index (χ2n) is 5.48. The first-order valence-corrected chi connectivity index (χ1v) is 7.43. The molecule has 5 heteroatoms. The average molecular weight is 315 g/mol. The highest BCUT2D eigenvalue weighted by Crippen LogP contribution is 2.24. The molecule has 122 valence electrons. The van der Waals surface area contributed by atoms with Gasteiger partial charge < -0.3 is 20.3 Å². The average Bonchev–Trinajstić information content (AvgIpc) is 2.50. The highest BCUT2D eigenvalue weighted by molar-refractivity contribution is 5.77. The first kappa shape index (κ1) is 16.7. The Bertz CT molecular complexity index is 697. The van der Waals surface area contributed by atoms with Gasteiger partial charge in [0.25, 0.3) is 5.91 Å². The van der Waals surface area contributed by atoms with Gasteiger partial charge in [-0.2, -0.15) is 0 Å². The molecule has 1 amide bonds. The molecule has 0 atom stereocenters. The number of ether oxygens (including phenoxy) is 1. The number of carbonyl (C=O) groups excluding carboxylic acids is 1. The Balaban J connectivity index is 1.75. The van der Waals surface area contributed by atoms with Crippen LogP contribution in [0.25, 0.3) is 0 Å². The molecule has 2 aromatic rings. The molecule has 2 rings (SSSR count). The third kappa shape index (κ3) is 4.92. The summed E-state index contributed by atoms with van der Waals surface area (Å²) in [6.07, 6.45) is 0.559. The summed E-state index contributed by atoms with van der Waals surface area (Å²) in [5.41, 5.74) is 2.98. The van der Waals surface area contributed by atoms with E-state index in [0.29, 0.717) is 18.7 Å². The molecule has 0 fully saturated rings. The smallest absolute Gasteiger partial charge is 0.257 e. The first-order chi connectivity index (χ1) is 11.0. The fraction of sp³-hybridized carbons (Fsp3) is 0.278. The highest BCUT2D eigenvalue weighted by Gasteiger charge is 2.06. The van der Waals surface area contributed by atoms with Crippen molar-refractivity contribution >= 4 is 5.91 Å². The zero-order valence-corrected chi connectivity index (χ0v) is 13.3. The number of hydrogen-bond donors (Lipinski definition) is 3. The van der Waals surface area contributed by atoms with Crippen LogP contribution < -0.4 is 10.1 Å². The molecule has 0 radical (unpaired) electrons. The van der Waals surface area contributed by atoms with E-state index in [0.717, 1.165) is 16.7 Å². The number of aromatic hydroxyl groups is 2. The van der Waals surface area contributed by atoms with E-state index in [-0.39, 0.29) is 24.0 Å². The second kappa shape index (κ2) is 7.54. The lowest BCUT2D eigenvalue weighted by Gasteiger charge is -2.10. The van der Waals surface area contributed by atoms with Gasteiger partial charge in [0.15, 0.2) is 18.1 Å². The number of rotatable bonds is 6. The predicted octanol–water partition coefficient (Wildman–Crippen LogP) is 2.45. The summed E-state index contributed by atoms with van der Waals surface area (Å²) >= 11 is 0. The van der Waals surface area contributed by atoms with Crippen LogP contribution in [0.15, 0.2) is 36.4 Å². The van der Waals surface area contributed by atoms with Gasteiger partial charge in [0, 0.05) is 6.54 Å². The van der Waals surface area contributed by atoms with Gasteiger partial charge in [0.1, 0.15) is 5.75 Å². The third-order valence-electron chi connectivity index (χ3n) is 3.46. The first-order valence-electron chi connectivity index (χ1n) is 7.43. The number of phenolic OH excluding ortho intramolecular Hbond substituents is 2. The Morgan fingerprint density at radius 1 is 1.09 bits per heavy atom. The van der Waals surface area contributed by atoms with Crippen molar-refractivity contribution in [1.82, 2.24) is 5.32 Å². The van der Waals surface area contributed by atoms with Crippen molar-refractivity contribution in [3.05, 3.63) is 53.1 Å². The van der Waals surface area contributed by atoms with Gasteiger partial charge in [-0.25, -0.2) is 0 Å². The van der Waals surface area contributed by atoms with Gasteiger partial charge in [-0.05, 0) is 49.6 Å². The molecule has 0 saturated carbocycles. The lowest BCUT2D eigenvalue weighted by Crippen LogP contribution is -2.30. The van der Waals surface area contributed by atoms with Crippen LogP contribution >= 0.6 is 0 Å². The Labute approximate surface area is 135 Å². The summed E-state index contributed by atoms with van der Waals surface area (Å²) in [5.74, 6) is 0.189. The van der Waals surface area contributed by atoms with Gasteiger partial charge >= 0.3 is 0 Å². The molecule has 3 N–H and O–H groups in total. The molecule has 0 aliphatic carbocycles. The van der Waals surface area contributed by atoms with Crippen LogP contribution in [0.3, 0.4) is 0 Å². The Morgan fingerprint density at radius 3 is 2.57 bits per heavy atom. The molecule has 0 bridgehead atoms. The molecule has 0 unspecified atom stereocenters. The molecule has 5 nitrogen and oxygen atoms in total. The van der Waals surface area contributed by atoms with Crippen LogP contribution in [-0.4, -0.2) is 29.3 Å². The number of hydrogen-bond acceptors (Lipinski definition) is 4. The number of aryl methyl sites for hydroxylation is 2. The van der Waals surface area contributed by atoms with Gasteiger partial charge in [0.05, 0.1) is 0 Å². The highest BCUT2D eigenvalue weighted by atomic mass is 16.5. The Morgan fingerprint density at radius 2 is 1.87 bits per heavy atom. The van der Waals surface area contributed by atoms with Crippen LogP contribution in [0.4, 0.5) is 0 Å². The van der Waals surface area contributed by atoms with E-state index in [2.05, 4.69) is 5.32 Å². The zero-order valence-electron chi connectivity index (χ0n) is 13.3. The van der Waals surface area contributed by atoms with E-state index in [1.165, 1.54) is 12.1 Å². The Kier molecular flexibility index (Phi) is 5.46. The Hall–Kier alpha value is -2.69. The van der Waals surface area contributed by atoms with E-state index in [9.17, 15) is 15.0 Å². The summed E-state index contributed by atoms with van der Waals surface area (Å²) in [7, 11) is 0. The molecular weight excluding hydrogens is 294 g/mol. The van der Waals surface area contributed by atoms with Crippen molar-refractivity contribution in [2.24, 2.45) is 0 Å². The minimum Gasteiger partial charge on any atom is -0.504 e. The topological polar surface area (TPSA) is 78.8 Å². The van der Waals surface area contributed by atoms with E-state index >= 15 is 0 Å². The van der Waals surface area contributed by atoms with Crippen molar-refractivity contribution in [3.63, 3.8) is 0 Å². The molecule has 2 aromatic carbocycles.